The molecule has 0 saturated heterocycles. The maximum Gasteiger partial charge on any atom is 0.320 e. The van der Waals surface area contributed by atoms with E-state index < -0.39 is 10.3 Å². The highest BCUT2D eigenvalue weighted by molar-refractivity contribution is 9.10. The van der Waals surface area contributed by atoms with Crippen LogP contribution in [0.25, 0.3) is 0 Å². The molecule has 0 spiro atoms. The van der Waals surface area contributed by atoms with Crippen molar-refractivity contribution in [2.75, 3.05) is 0 Å². The number of halogens is 1. The van der Waals surface area contributed by atoms with Gasteiger partial charge in [0, 0.05) is 0 Å². The Morgan fingerprint density at radius 3 is 2.44 bits per heavy atom. The largest absolute Gasteiger partial charge is 0.480 e. The van der Waals surface area contributed by atoms with Gasteiger partial charge in [0.25, 0.3) is 0 Å². The van der Waals surface area contributed by atoms with E-state index in [0.717, 1.165) is 12.8 Å². The Kier molecular flexibility index (Phi) is 4.44. The maximum atomic E-state index is 11.3. The van der Waals surface area contributed by atoms with Gasteiger partial charge in [-0.05, 0) is 43.4 Å². The molecule has 1 rings (SSSR count). The van der Waals surface area contributed by atoms with E-state index in [4.69, 9.17) is 0 Å². The Morgan fingerprint density at radius 2 is 2.00 bits per heavy atom. The van der Waals surface area contributed by atoms with Crippen LogP contribution in [0.4, 0.5) is 0 Å². The van der Waals surface area contributed by atoms with E-state index in [2.05, 4.69) is 36.7 Å². The molecule has 0 aromatic rings. The first-order chi connectivity index (χ1) is 7.26. The van der Waals surface area contributed by atoms with Crippen LogP contribution in [0.3, 0.4) is 0 Å². The zero-order chi connectivity index (χ0) is 12.5. The molecule has 1 saturated carbocycles. The summed E-state index contributed by atoms with van der Waals surface area (Å²) in [6.07, 6.45) is 3.43. The SMILES string of the molecule is CC1CCC(C(C)C)C(C(C)(Br)C(=O)O)C1. The summed E-state index contributed by atoms with van der Waals surface area (Å²) >= 11 is 3.44. The highest BCUT2D eigenvalue weighted by Crippen LogP contribution is 2.46. The number of hydrogen-bond acceptors (Lipinski definition) is 1. The third kappa shape index (κ3) is 2.79. The van der Waals surface area contributed by atoms with Gasteiger partial charge >= 0.3 is 5.97 Å². The van der Waals surface area contributed by atoms with Crippen molar-refractivity contribution in [3.63, 3.8) is 0 Å². The van der Waals surface area contributed by atoms with Gasteiger partial charge in [-0.1, -0.05) is 43.1 Å². The van der Waals surface area contributed by atoms with Crippen molar-refractivity contribution in [3.05, 3.63) is 0 Å². The molecule has 1 aliphatic carbocycles. The molecule has 1 fully saturated rings. The van der Waals surface area contributed by atoms with Crippen LogP contribution in [0.5, 0.6) is 0 Å². The first kappa shape index (κ1) is 14.0. The predicted octanol–water partition coefficient (Wildman–Crippen LogP) is 3.93. The number of carbonyl (C=O) groups is 1. The molecule has 3 heteroatoms. The summed E-state index contributed by atoms with van der Waals surface area (Å²) in [5, 5.41) is 9.33. The molecule has 2 nitrogen and oxygen atoms in total. The molecule has 94 valence electrons. The lowest BCUT2D eigenvalue weighted by Crippen LogP contribution is -2.45. The molecule has 0 heterocycles. The Morgan fingerprint density at radius 1 is 1.44 bits per heavy atom. The summed E-state index contributed by atoms with van der Waals surface area (Å²) in [4.78, 5) is 11.3. The summed E-state index contributed by atoms with van der Waals surface area (Å²) < 4.78 is -0.767. The minimum Gasteiger partial charge on any atom is -0.480 e. The Labute approximate surface area is 107 Å². The molecule has 1 aliphatic rings. The lowest BCUT2D eigenvalue weighted by molar-refractivity contribution is -0.142. The molecular formula is C13H23BrO2. The summed E-state index contributed by atoms with van der Waals surface area (Å²) in [5.74, 6) is 1.26. The molecule has 0 aromatic carbocycles. The molecule has 16 heavy (non-hydrogen) atoms. The van der Waals surface area contributed by atoms with Gasteiger partial charge < -0.3 is 5.11 Å². The third-order valence-corrected chi connectivity index (χ3v) is 5.06. The average molecular weight is 291 g/mol. The first-order valence-corrected chi connectivity index (χ1v) is 6.98. The van der Waals surface area contributed by atoms with E-state index >= 15 is 0 Å². The molecule has 4 atom stereocenters. The summed E-state index contributed by atoms with van der Waals surface area (Å²) in [6.45, 7) is 8.46. The van der Waals surface area contributed by atoms with Gasteiger partial charge in [0.15, 0.2) is 0 Å². The Bertz CT molecular complexity index is 261. The number of aliphatic carboxylic acids is 1. The van der Waals surface area contributed by atoms with Crippen LogP contribution in [0, 0.1) is 23.7 Å². The van der Waals surface area contributed by atoms with Crippen LogP contribution in [0.15, 0.2) is 0 Å². The fraction of sp³-hybridized carbons (Fsp3) is 0.923. The topological polar surface area (TPSA) is 37.3 Å². The van der Waals surface area contributed by atoms with Gasteiger partial charge in [-0.15, -0.1) is 0 Å². The molecule has 0 bridgehead atoms. The highest BCUT2D eigenvalue weighted by Gasteiger charge is 2.46. The quantitative estimate of drug-likeness (QED) is 0.800. The van der Waals surface area contributed by atoms with E-state index in [1.54, 1.807) is 0 Å². The highest BCUT2D eigenvalue weighted by atomic mass is 79.9. The normalized spacial score (nSPS) is 34.8. The van der Waals surface area contributed by atoms with Crippen molar-refractivity contribution in [3.8, 4) is 0 Å². The zero-order valence-corrected chi connectivity index (χ0v) is 12.3. The van der Waals surface area contributed by atoms with Crippen LogP contribution in [0.2, 0.25) is 0 Å². The number of carboxylic acids is 1. The Balaban J connectivity index is 2.91. The van der Waals surface area contributed by atoms with E-state index in [-0.39, 0.29) is 5.92 Å². The van der Waals surface area contributed by atoms with Crippen LogP contribution >= 0.6 is 15.9 Å². The van der Waals surface area contributed by atoms with E-state index in [0.29, 0.717) is 17.8 Å². The minimum absolute atomic E-state index is 0.244. The summed E-state index contributed by atoms with van der Waals surface area (Å²) in [6, 6.07) is 0. The predicted molar refractivity (Wildman–Crippen MR) is 69.8 cm³/mol. The Hall–Kier alpha value is -0.0500. The number of hydrogen-bond donors (Lipinski definition) is 1. The van der Waals surface area contributed by atoms with E-state index in [1.165, 1.54) is 6.42 Å². The van der Waals surface area contributed by atoms with Crippen molar-refractivity contribution in [1.82, 2.24) is 0 Å². The van der Waals surface area contributed by atoms with Gasteiger partial charge in [-0.3, -0.25) is 4.79 Å². The second kappa shape index (κ2) is 5.07. The van der Waals surface area contributed by atoms with Gasteiger partial charge in [-0.25, -0.2) is 0 Å². The number of alkyl halides is 1. The van der Waals surface area contributed by atoms with Crippen LogP contribution in [0.1, 0.15) is 47.0 Å². The molecule has 0 aromatic heterocycles. The van der Waals surface area contributed by atoms with Crippen molar-refractivity contribution >= 4 is 21.9 Å². The van der Waals surface area contributed by atoms with Crippen molar-refractivity contribution < 1.29 is 9.90 Å². The van der Waals surface area contributed by atoms with Crippen molar-refractivity contribution in [2.45, 2.75) is 51.3 Å². The van der Waals surface area contributed by atoms with Gasteiger partial charge in [0.1, 0.15) is 4.32 Å². The molecule has 0 radical (unpaired) electrons. The lowest BCUT2D eigenvalue weighted by atomic mass is 9.66. The number of carboxylic acid groups (broad SMARTS) is 1. The average Bonchev–Trinajstić information content (AvgIpc) is 2.16. The van der Waals surface area contributed by atoms with Crippen LogP contribution in [-0.4, -0.2) is 15.4 Å². The standard InChI is InChI=1S/C13H23BrO2/c1-8(2)10-6-5-9(3)7-11(10)13(4,14)12(15)16/h8-11H,5-7H2,1-4H3,(H,15,16). The maximum absolute atomic E-state index is 11.3. The lowest BCUT2D eigenvalue weighted by Gasteiger charge is -2.43. The monoisotopic (exact) mass is 290 g/mol. The molecule has 0 aliphatic heterocycles. The van der Waals surface area contributed by atoms with E-state index in [9.17, 15) is 9.90 Å². The fourth-order valence-corrected chi connectivity index (χ4v) is 3.51. The number of rotatable bonds is 3. The summed E-state index contributed by atoms with van der Waals surface area (Å²) in [5.41, 5.74) is 0. The molecule has 0 amide bonds. The summed E-state index contributed by atoms with van der Waals surface area (Å²) in [7, 11) is 0. The third-order valence-electron chi connectivity index (χ3n) is 4.14. The van der Waals surface area contributed by atoms with Gasteiger partial charge in [-0.2, -0.15) is 0 Å². The molecule has 1 N–H and O–H groups in total. The second-order valence-corrected chi connectivity index (χ2v) is 7.46. The fourth-order valence-electron chi connectivity index (χ4n) is 2.98. The van der Waals surface area contributed by atoms with Crippen LogP contribution in [-0.2, 0) is 4.79 Å². The van der Waals surface area contributed by atoms with Gasteiger partial charge in [0.2, 0.25) is 0 Å². The second-order valence-electron chi connectivity index (χ2n) is 5.81. The van der Waals surface area contributed by atoms with E-state index in [1.807, 2.05) is 6.92 Å². The molecular weight excluding hydrogens is 268 g/mol. The minimum atomic E-state index is -0.767. The zero-order valence-electron chi connectivity index (χ0n) is 10.7. The van der Waals surface area contributed by atoms with Crippen LogP contribution < -0.4 is 0 Å². The first-order valence-electron chi connectivity index (χ1n) is 6.19. The molecule has 4 unspecified atom stereocenters. The smallest absolute Gasteiger partial charge is 0.320 e. The van der Waals surface area contributed by atoms with Crippen molar-refractivity contribution in [1.29, 1.82) is 0 Å². The van der Waals surface area contributed by atoms with Gasteiger partial charge in [0.05, 0.1) is 0 Å². The van der Waals surface area contributed by atoms with Crippen molar-refractivity contribution in [2.24, 2.45) is 23.7 Å².